The van der Waals surface area contributed by atoms with Crippen molar-refractivity contribution in [1.29, 1.82) is 0 Å². The van der Waals surface area contributed by atoms with E-state index < -0.39 is 33.2 Å². The number of aliphatic hydroxyl groups is 1. The number of phenolic OH excluding ortho intramolecular Hbond substituents is 2. The standard InChI is InChI=1S/C26H20N4O8S/c1-11-21(33)19(15-10-39-25(28-15)29-27-9-13-5-4-6-14(7-13)30(36)37)23-20(22(11)34)26(3)17(38-23)8-16(32)18(12(2)31)24(26)35/h4-10,32-34H,1-3H3,(H,28,29)/b27-9+/t26-/m0/s1. The molecule has 1 atom stereocenters. The predicted octanol–water partition coefficient (Wildman–Crippen LogP) is 4.40. The number of ether oxygens (including phenoxy) is 1. The molecule has 0 radical (unpaired) electrons. The first kappa shape index (κ1) is 25.6. The number of carbonyl (C=O) groups is 2. The quantitative estimate of drug-likeness (QED) is 0.149. The van der Waals surface area contributed by atoms with Gasteiger partial charge < -0.3 is 20.1 Å². The van der Waals surface area contributed by atoms with Gasteiger partial charge in [-0.05, 0) is 20.8 Å². The number of non-ortho nitro benzene ring substituents is 1. The number of nitro benzene ring substituents is 1. The summed E-state index contributed by atoms with van der Waals surface area (Å²) in [7, 11) is 0. The number of hydrogen-bond acceptors (Lipinski definition) is 12. The highest BCUT2D eigenvalue weighted by Crippen LogP contribution is 2.60. The molecule has 13 heteroatoms. The van der Waals surface area contributed by atoms with Crippen molar-refractivity contribution < 1.29 is 34.6 Å². The van der Waals surface area contributed by atoms with Gasteiger partial charge in [0, 0.05) is 34.7 Å². The van der Waals surface area contributed by atoms with E-state index in [-0.39, 0.29) is 51.1 Å². The molecule has 0 spiro atoms. The van der Waals surface area contributed by atoms with E-state index in [1.54, 1.807) is 11.4 Å². The highest BCUT2D eigenvalue weighted by atomic mass is 32.1. The van der Waals surface area contributed by atoms with Crippen LogP contribution in [0.5, 0.6) is 17.2 Å². The Morgan fingerprint density at radius 1 is 1.28 bits per heavy atom. The monoisotopic (exact) mass is 548 g/mol. The van der Waals surface area contributed by atoms with E-state index in [2.05, 4.69) is 15.5 Å². The van der Waals surface area contributed by atoms with Crippen molar-refractivity contribution >= 4 is 39.9 Å². The lowest BCUT2D eigenvalue weighted by molar-refractivity contribution is -0.384. The lowest BCUT2D eigenvalue weighted by Crippen LogP contribution is -2.38. The third-order valence-electron chi connectivity index (χ3n) is 6.62. The summed E-state index contributed by atoms with van der Waals surface area (Å²) in [5.74, 6) is -2.69. The largest absolute Gasteiger partial charge is 0.507 e. The molecule has 2 heterocycles. The molecule has 1 aliphatic heterocycles. The Balaban J connectivity index is 1.53. The zero-order valence-electron chi connectivity index (χ0n) is 20.7. The molecule has 0 amide bonds. The molecule has 1 aromatic heterocycles. The lowest BCUT2D eigenvalue weighted by atomic mass is 9.71. The minimum Gasteiger partial charge on any atom is -0.507 e. The van der Waals surface area contributed by atoms with Crippen LogP contribution in [0.3, 0.4) is 0 Å². The SMILES string of the molecule is CC(=O)C1=C(O)C=C2Oc3c(-c4csc(N/N=C/c5cccc([N+](=O)[O-])c5)n4)c(O)c(C)c(O)c3[C@@]2(C)C1=O. The maximum Gasteiger partial charge on any atom is 0.270 e. The third-order valence-corrected chi connectivity index (χ3v) is 7.36. The van der Waals surface area contributed by atoms with Gasteiger partial charge in [0.25, 0.3) is 5.69 Å². The average molecular weight is 549 g/mol. The summed E-state index contributed by atoms with van der Waals surface area (Å²) in [6.07, 6.45) is 2.54. The Kier molecular flexibility index (Phi) is 5.95. The van der Waals surface area contributed by atoms with Crippen LogP contribution in [0.1, 0.15) is 30.5 Å². The zero-order valence-corrected chi connectivity index (χ0v) is 21.5. The number of aromatic hydroxyl groups is 2. The van der Waals surface area contributed by atoms with Crippen LogP contribution < -0.4 is 10.2 Å². The second-order valence-corrected chi connectivity index (χ2v) is 9.90. The van der Waals surface area contributed by atoms with Crippen LogP contribution in [0.25, 0.3) is 11.3 Å². The van der Waals surface area contributed by atoms with Gasteiger partial charge in [0.2, 0.25) is 5.13 Å². The summed E-state index contributed by atoms with van der Waals surface area (Å²) in [6.45, 7) is 4.08. The van der Waals surface area contributed by atoms with E-state index in [1.807, 2.05) is 0 Å². The average Bonchev–Trinajstić information content (AvgIpc) is 3.46. The molecule has 39 heavy (non-hydrogen) atoms. The Morgan fingerprint density at radius 2 is 2.03 bits per heavy atom. The molecule has 5 rings (SSSR count). The molecule has 12 nitrogen and oxygen atoms in total. The van der Waals surface area contributed by atoms with Gasteiger partial charge in [-0.3, -0.25) is 25.1 Å². The first-order valence-corrected chi connectivity index (χ1v) is 12.3. The van der Waals surface area contributed by atoms with E-state index in [4.69, 9.17) is 4.74 Å². The molecule has 0 bridgehead atoms. The predicted molar refractivity (Wildman–Crippen MR) is 141 cm³/mol. The molecular weight excluding hydrogens is 528 g/mol. The van der Waals surface area contributed by atoms with Crippen molar-refractivity contribution in [3.63, 3.8) is 0 Å². The topological polar surface area (TPSA) is 184 Å². The number of allylic oxidation sites excluding steroid dienone is 3. The Labute approximate surface area is 224 Å². The fourth-order valence-electron chi connectivity index (χ4n) is 4.59. The smallest absolute Gasteiger partial charge is 0.270 e. The number of nitro groups is 1. The Hall–Kier alpha value is -5.04. The van der Waals surface area contributed by atoms with Gasteiger partial charge in [0.1, 0.15) is 39.8 Å². The first-order chi connectivity index (χ1) is 18.4. The summed E-state index contributed by atoms with van der Waals surface area (Å²) in [5.41, 5.74) is 1.55. The van der Waals surface area contributed by atoms with Crippen LogP contribution >= 0.6 is 11.3 Å². The number of carbonyl (C=O) groups excluding carboxylic acids is 2. The number of hydrogen-bond donors (Lipinski definition) is 4. The van der Waals surface area contributed by atoms with E-state index in [1.165, 1.54) is 38.3 Å². The zero-order chi connectivity index (χ0) is 28.2. The first-order valence-electron chi connectivity index (χ1n) is 11.4. The van der Waals surface area contributed by atoms with Crippen molar-refractivity contribution in [2.45, 2.75) is 26.2 Å². The number of nitrogens with one attached hydrogen (secondary N) is 1. The summed E-state index contributed by atoms with van der Waals surface area (Å²) in [4.78, 5) is 40.4. The summed E-state index contributed by atoms with van der Waals surface area (Å²) < 4.78 is 5.94. The van der Waals surface area contributed by atoms with Gasteiger partial charge in [-0.1, -0.05) is 12.1 Å². The number of Topliss-reactive ketones (excluding diaryl/α,β-unsaturated/α-hetero) is 2. The van der Waals surface area contributed by atoms with E-state index in [0.29, 0.717) is 10.7 Å². The normalized spacial score (nSPS) is 18.0. The van der Waals surface area contributed by atoms with Crippen molar-refractivity contribution in [2.75, 3.05) is 5.43 Å². The Bertz CT molecular complexity index is 1700. The van der Waals surface area contributed by atoms with Crippen molar-refractivity contribution in [1.82, 2.24) is 4.98 Å². The minimum atomic E-state index is -1.63. The number of benzene rings is 2. The van der Waals surface area contributed by atoms with Crippen LogP contribution in [0.4, 0.5) is 10.8 Å². The van der Waals surface area contributed by atoms with Crippen molar-refractivity contribution in [3.05, 3.63) is 79.6 Å². The van der Waals surface area contributed by atoms with E-state index >= 15 is 0 Å². The number of anilines is 1. The molecule has 1 aliphatic carbocycles. The van der Waals surface area contributed by atoms with Crippen LogP contribution in [0, 0.1) is 17.0 Å². The molecule has 0 saturated carbocycles. The van der Waals surface area contributed by atoms with Gasteiger partial charge in [-0.25, -0.2) is 4.98 Å². The minimum absolute atomic E-state index is 0.0123. The molecule has 3 aromatic rings. The molecule has 4 N–H and O–H groups in total. The van der Waals surface area contributed by atoms with Crippen LogP contribution in [0.2, 0.25) is 0 Å². The highest BCUT2D eigenvalue weighted by molar-refractivity contribution is 7.14. The molecule has 2 aliphatic rings. The number of fused-ring (bicyclic) bond motifs is 3. The number of aliphatic hydroxyl groups excluding tert-OH is 1. The second-order valence-electron chi connectivity index (χ2n) is 9.04. The van der Waals surface area contributed by atoms with Gasteiger partial charge in [-0.15, -0.1) is 11.3 Å². The van der Waals surface area contributed by atoms with Gasteiger partial charge in [0.15, 0.2) is 11.6 Å². The van der Waals surface area contributed by atoms with Crippen molar-refractivity contribution in [3.8, 4) is 28.5 Å². The number of rotatable bonds is 6. The highest BCUT2D eigenvalue weighted by Gasteiger charge is 2.55. The fraction of sp³-hybridized carbons (Fsp3) is 0.154. The lowest BCUT2D eigenvalue weighted by Gasteiger charge is -2.28. The number of phenols is 2. The summed E-state index contributed by atoms with van der Waals surface area (Å²) in [6, 6.07) is 5.90. The maximum atomic E-state index is 13.4. The van der Waals surface area contributed by atoms with Gasteiger partial charge in [-0.2, -0.15) is 5.10 Å². The van der Waals surface area contributed by atoms with Gasteiger partial charge >= 0.3 is 0 Å². The number of nitrogens with zero attached hydrogens (tertiary/aromatic N) is 3. The van der Waals surface area contributed by atoms with Crippen LogP contribution in [0.15, 0.2) is 57.9 Å². The number of aromatic nitrogens is 1. The molecule has 198 valence electrons. The molecule has 0 fully saturated rings. The number of hydrazone groups is 1. The Morgan fingerprint density at radius 3 is 2.72 bits per heavy atom. The fourth-order valence-corrected chi connectivity index (χ4v) is 5.24. The second kappa shape index (κ2) is 9.06. The molecule has 2 aromatic carbocycles. The van der Waals surface area contributed by atoms with Crippen LogP contribution in [-0.4, -0.2) is 43.0 Å². The van der Waals surface area contributed by atoms with Crippen molar-refractivity contribution in [2.24, 2.45) is 5.10 Å². The molecular formula is C26H20N4O8S. The molecule has 0 unspecified atom stereocenters. The van der Waals surface area contributed by atoms with E-state index in [9.17, 15) is 35.0 Å². The number of thiazole rings is 1. The van der Waals surface area contributed by atoms with Crippen LogP contribution in [-0.2, 0) is 15.0 Å². The maximum absolute atomic E-state index is 13.4. The van der Waals surface area contributed by atoms with E-state index in [0.717, 1.165) is 24.3 Å². The third kappa shape index (κ3) is 3.90. The van der Waals surface area contributed by atoms with Gasteiger partial charge in [0.05, 0.1) is 28.0 Å². The summed E-state index contributed by atoms with van der Waals surface area (Å²) in [5, 5.41) is 49.2. The number of ketones is 2. The summed E-state index contributed by atoms with van der Waals surface area (Å²) >= 11 is 1.13. The molecule has 0 saturated heterocycles.